The molecular formula is C13H10BrFN2O3S. The van der Waals surface area contributed by atoms with Gasteiger partial charge in [0.25, 0.3) is 5.91 Å². The van der Waals surface area contributed by atoms with Crippen LogP contribution in [0.15, 0.2) is 51.8 Å². The van der Waals surface area contributed by atoms with Crippen LogP contribution in [0, 0.1) is 5.82 Å². The second-order valence-electron chi connectivity index (χ2n) is 4.15. The molecule has 2 aromatic carbocycles. The molecule has 1 amide bonds. The van der Waals surface area contributed by atoms with E-state index in [0.717, 1.165) is 6.07 Å². The topological polar surface area (TPSA) is 89.3 Å². The number of primary sulfonamides is 1. The van der Waals surface area contributed by atoms with Crippen LogP contribution in [-0.2, 0) is 10.0 Å². The summed E-state index contributed by atoms with van der Waals surface area (Å²) >= 11 is 3.16. The Balaban J connectivity index is 2.22. The number of anilines is 1. The summed E-state index contributed by atoms with van der Waals surface area (Å²) in [7, 11) is -3.78. The fourth-order valence-electron chi connectivity index (χ4n) is 1.60. The standard InChI is InChI=1S/C13H10BrFN2O3S/c14-12-6-1-8(15)7-11(12)13(18)17-9-2-4-10(5-3-9)21(16,19)20/h1-7H,(H,17,18)(H2,16,19,20). The van der Waals surface area contributed by atoms with E-state index in [4.69, 9.17) is 5.14 Å². The van der Waals surface area contributed by atoms with Gasteiger partial charge in [-0.2, -0.15) is 0 Å². The van der Waals surface area contributed by atoms with Gasteiger partial charge in [0.05, 0.1) is 10.5 Å². The molecule has 0 radical (unpaired) electrons. The number of benzene rings is 2. The SMILES string of the molecule is NS(=O)(=O)c1ccc(NC(=O)c2cc(F)ccc2Br)cc1. The van der Waals surface area contributed by atoms with Gasteiger partial charge in [-0.15, -0.1) is 0 Å². The molecule has 0 saturated heterocycles. The van der Waals surface area contributed by atoms with E-state index >= 15 is 0 Å². The molecule has 0 aliphatic rings. The number of nitrogens with two attached hydrogens (primary N) is 1. The smallest absolute Gasteiger partial charge is 0.256 e. The van der Waals surface area contributed by atoms with Crippen molar-refractivity contribution in [3.8, 4) is 0 Å². The molecule has 0 aliphatic carbocycles. The van der Waals surface area contributed by atoms with E-state index in [1.807, 2.05) is 0 Å². The first-order chi connectivity index (χ1) is 9.77. The lowest BCUT2D eigenvalue weighted by molar-refractivity contribution is 0.102. The number of carbonyl (C=O) groups excluding carboxylic acids is 1. The number of sulfonamides is 1. The van der Waals surface area contributed by atoms with Crippen LogP contribution in [0.3, 0.4) is 0 Å². The number of halogens is 2. The van der Waals surface area contributed by atoms with E-state index < -0.39 is 21.7 Å². The highest BCUT2D eigenvalue weighted by Gasteiger charge is 2.12. The molecular weight excluding hydrogens is 363 g/mol. The molecule has 0 aliphatic heterocycles. The van der Waals surface area contributed by atoms with Gasteiger partial charge >= 0.3 is 0 Å². The summed E-state index contributed by atoms with van der Waals surface area (Å²) in [6, 6.07) is 9.07. The first-order valence-electron chi connectivity index (χ1n) is 5.66. The summed E-state index contributed by atoms with van der Waals surface area (Å²) in [6.45, 7) is 0. The highest BCUT2D eigenvalue weighted by atomic mass is 79.9. The van der Waals surface area contributed by atoms with Gasteiger partial charge in [0, 0.05) is 10.2 Å². The van der Waals surface area contributed by atoms with Crippen molar-refractivity contribution in [1.29, 1.82) is 0 Å². The number of nitrogens with one attached hydrogen (secondary N) is 1. The maximum Gasteiger partial charge on any atom is 0.256 e. The summed E-state index contributed by atoms with van der Waals surface area (Å²) in [6.07, 6.45) is 0. The lowest BCUT2D eigenvalue weighted by Gasteiger charge is -2.07. The zero-order valence-corrected chi connectivity index (χ0v) is 12.9. The van der Waals surface area contributed by atoms with Crippen molar-refractivity contribution in [1.82, 2.24) is 0 Å². The molecule has 110 valence electrons. The Morgan fingerprint density at radius 2 is 1.76 bits per heavy atom. The third kappa shape index (κ3) is 3.87. The summed E-state index contributed by atoms with van der Waals surface area (Å²) in [5.41, 5.74) is 0.495. The Labute approximate surface area is 129 Å². The highest BCUT2D eigenvalue weighted by Crippen LogP contribution is 2.20. The van der Waals surface area contributed by atoms with E-state index in [1.165, 1.54) is 36.4 Å². The summed E-state index contributed by atoms with van der Waals surface area (Å²) < 4.78 is 35.8. The van der Waals surface area contributed by atoms with Crippen molar-refractivity contribution >= 4 is 37.5 Å². The van der Waals surface area contributed by atoms with Gasteiger partial charge in [-0.05, 0) is 58.4 Å². The molecule has 0 heterocycles. The van der Waals surface area contributed by atoms with Gasteiger partial charge in [0.1, 0.15) is 5.82 Å². The Hall–Kier alpha value is -1.77. The van der Waals surface area contributed by atoms with Crippen molar-refractivity contribution in [3.63, 3.8) is 0 Å². The molecule has 8 heteroatoms. The predicted octanol–water partition coefficient (Wildman–Crippen LogP) is 2.49. The fraction of sp³-hybridized carbons (Fsp3) is 0. The second kappa shape index (κ2) is 5.92. The molecule has 0 atom stereocenters. The van der Waals surface area contributed by atoms with Gasteiger partial charge in [-0.3, -0.25) is 4.79 Å². The fourth-order valence-corrected chi connectivity index (χ4v) is 2.54. The van der Waals surface area contributed by atoms with Crippen LogP contribution in [0.25, 0.3) is 0 Å². The van der Waals surface area contributed by atoms with E-state index in [2.05, 4.69) is 21.2 Å². The summed E-state index contributed by atoms with van der Waals surface area (Å²) in [5, 5.41) is 7.51. The minimum absolute atomic E-state index is 0.0626. The average molecular weight is 373 g/mol. The van der Waals surface area contributed by atoms with E-state index in [1.54, 1.807) is 0 Å². The molecule has 0 spiro atoms. The first kappa shape index (κ1) is 15.6. The van der Waals surface area contributed by atoms with Crippen LogP contribution >= 0.6 is 15.9 Å². The lowest BCUT2D eigenvalue weighted by atomic mass is 10.2. The normalized spacial score (nSPS) is 11.2. The molecule has 2 aromatic rings. The van der Waals surface area contributed by atoms with E-state index in [9.17, 15) is 17.6 Å². The number of hydrogen-bond acceptors (Lipinski definition) is 3. The van der Waals surface area contributed by atoms with Gasteiger partial charge in [-0.1, -0.05) is 0 Å². The molecule has 21 heavy (non-hydrogen) atoms. The molecule has 0 fully saturated rings. The van der Waals surface area contributed by atoms with Gasteiger partial charge in [-0.25, -0.2) is 17.9 Å². The molecule has 0 saturated carbocycles. The Morgan fingerprint density at radius 1 is 1.14 bits per heavy atom. The first-order valence-corrected chi connectivity index (χ1v) is 8.00. The van der Waals surface area contributed by atoms with Crippen molar-refractivity contribution in [2.24, 2.45) is 5.14 Å². The Morgan fingerprint density at radius 3 is 2.33 bits per heavy atom. The van der Waals surface area contributed by atoms with Crippen LogP contribution in [0.5, 0.6) is 0 Å². The number of amides is 1. The predicted molar refractivity (Wildman–Crippen MR) is 79.9 cm³/mol. The molecule has 0 bridgehead atoms. The maximum atomic E-state index is 13.1. The van der Waals surface area contributed by atoms with Gasteiger partial charge in [0.15, 0.2) is 0 Å². The third-order valence-corrected chi connectivity index (χ3v) is 4.23. The molecule has 0 aromatic heterocycles. The molecule has 2 rings (SSSR count). The van der Waals surface area contributed by atoms with Crippen molar-refractivity contribution < 1.29 is 17.6 Å². The highest BCUT2D eigenvalue weighted by molar-refractivity contribution is 9.10. The van der Waals surface area contributed by atoms with Crippen LogP contribution in [0.2, 0.25) is 0 Å². The molecule has 5 nitrogen and oxygen atoms in total. The minimum atomic E-state index is -3.78. The lowest BCUT2D eigenvalue weighted by Crippen LogP contribution is -2.14. The summed E-state index contributed by atoms with van der Waals surface area (Å²) in [5.74, 6) is -1.06. The monoisotopic (exact) mass is 372 g/mol. The van der Waals surface area contributed by atoms with Crippen LogP contribution in [-0.4, -0.2) is 14.3 Å². The number of carbonyl (C=O) groups is 1. The third-order valence-electron chi connectivity index (χ3n) is 2.61. The maximum absolute atomic E-state index is 13.1. The van der Waals surface area contributed by atoms with Crippen molar-refractivity contribution in [3.05, 3.63) is 58.3 Å². The average Bonchev–Trinajstić information content (AvgIpc) is 2.41. The van der Waals surface area contributed by atoms with Gasteiger partial charge in [0.2, 0.25) is 10.0 Å². The number of hydrogen-bond donors (Lipinski definition) is 2. The second-order valence-corrected chi connectivity index (χ2v) is 6.56. The largest absolute Gasteiger partial charge is 0.322 e. The quantitative estimate of drug-likeness (QED) is 0.866. The van der Waals surface area contributed by atoms with Crippen LogP contribution in [0.4, 0.5) is 10.1 Å². The number of rotatable bonds is 3. The zero-order valence-electron chi connectivity index (χ0n) is 10.5. The van der Waals surface area contributed by atoms with Crippen LogP contribution in [0.1, 0.15) is 10.4 Å². The Bertz CT molecular complexity index is 792. The summed E-state index contributed by atoms with van der Waals surface area (Å²) in [4.78, 5) is 12.0. The molecule has 0 unspecified atom stereocenters. The Kier molecular flexibility index (Phi) is 4.40. The van der Waals surface area contributed by atoms with Crippen molar-refractivity contribution in [2.45, 2.75) is 4.90 Å². The van der Waals surface area contributed by atoms with Gasteiger partial charge < -0.3 is 5.32 Å². The van der Waals surface area contributed by atoms with E-state index in [0.29, 0.717) is 10.2 Å². The zero-order chi connectivity index (χ0) is 15.6. The van der Waals surface area contributed by atoms with Crippen LogP contribution < -0.4 is 10.5 Å². The van der Waals surface area contributed by atoms with Crippen molar-refractivity contribution in [2.75, 3.05) is 5.32 Å². The minimum Gasteiger partial charge on any atom is -0.322 e. The molecule has 3 N–H and O–H groups in total. The van der Waals surface area contributed by atoms with E-state index in [-0.39, 0.29) is 10.5 Å².